The number of ether oxygens (including phenoxy) is 2. The minimum Gasteiger partial charge on any atom is -0.465 e. The van der Waals surface area contributed by atoms with Crippen molar-refractivity contribution in [2.75, 3.05) is 52.8 Å². The van der Waals surface area contributed by atoms with Crippen molar-refractivity contribution in [1.82, 2.24) is 4.90 Å². The van der Waals surface area contributed by atoms with Crippen LogP contribution in [0.25, 0.3) is 0 Å². The number of likely N-dealkylation sites (N-methyl/N-ethyl adjacent to an activating group) is 1. The number of nitrogens with zero attached hydrogens (tertiary/aromatic N) is 1. The van der Waals surface area contributed by atoms with E-state index in [1.807, 2.05) is 19.0 Å². The number of halogens is 2. The molecule has 1 aromatic carbocycles. The third kappa shape index (κ3) is 5.28. The van der Waals surface area contributed by atoms with E-state index in [4.69, 9.17) is 4.74 Å². The van der Waals surface area contributed by atoms with Crippen molar-refractivity contribution in [1.29, 1.82) is 0 Å². The van der Waals surface area contributed by atoms with Gasteiger partial charge < -0.3 is 19.7 Å². The lowest BCUT2D eigenvalue weighted by Gasteiger charge is -2.12. The van der Waals surface area contributed by atoms with E-state index in [0.717, 1.165) is 13.7 Å². The van der Waals surface area contributed by atoms with Crippen molar-refractivity contribution in [3.05, 3.63) is 29.3 Å². The zero-order chi connectivity index (χ0) is 15.8. The largest absolute Gasteiger partial charge is 0.465 e. The average molecular weight is 302 g/mol. The first-order valence-corrected chi connectivity index (χ1v) is 6.50. The standard InChI is InChI=1S/C14H20F2N2O3/c1-18(2)7-9-21-8-6-17-11-5-4-10(14(19)20-3)12(15)13(11)16/h4-5,17H,6-9H2,1-3H3. The summed E-state index contributed by atoms with van der Waals surface area (Å²) in [6.07, 6.45) is 0. The van der Waals surface area contributed by atoms with Crippen LogP contribution in [-0.2, 0) is 9.47 Å². The van der Waals surface area contributed by atoms with Gasteiger partial charge in [-0.2, -0.15) is 0 Å². The predicted molar refractivity (Wildman–Crippen MR) is 75.6 cm³/mol. The smallest absolute Gasteiger partial charge is 0.340 e. The Balaban J connectivity index is 2.50. The minimum atomic E-state index is -1.22. The van der Waals surface area contributed by atoms with Crippen molar-refractivity contribution in [2.24, 2.45) is 0 Å². The molecule has 0 aromatic heterocycles. The van der Waals surface area contributed by atoms with Crippen LogP contribution in [0.3, 0.4) is 0 Å². The summed E-state index contributed by atoms with van der Waals surface area (Å²) in [7, 11) is 4.97. The molecule has 21 heavy (non-hydrogen) atoms. The molecule has 0 spiro atoms. The number of hydrogen-bond acceptors (Lipinski definition) is 5. The summed E-state index contributed by atoms with van der Waals surface area (Å²) < 4.78 is 37.1. The van der Waals surface area contributed by atoms with Gasteiger partial charge in [0, 0.05) is 13.1 Å². The van der Waals surface area contributed by atoms with Crippen LogP contribution in [0.2, 0.25) is 0 Å². The summed E-state index contributed by atoms with van der Waals surface area (Å²) in [5, 5.41) is 2.72. The van der Waals surface area contributed by atoms with Gasteiger partial charge in [-0.1, -0.05) is 0 Å². The molecular formula is C14H20F2N2O3. The minimum absolute atomic E-state index is 0.0173. The second-order valence-electron chi connectivity index (χ2n) is 4.62. The monoisotopic (exact) mass is 302 g/mol. The molecule has 0 atom stereocenters. The zero-order valence-electron chi connectivity index (χ0n) is 12.4. The van der Waals surface area contributed by atoms with Gasteiger partial charge in [0.25, 0.3) is 0 Å². The molecule has 7 heteroatoms. The Morgan fingerprint density at radius 1 is 1.24 bits per heavy atom. The van der Waals surface area contributed by atoms with Gasteiger partial charge in [0.05, 0.1) is 31.6 Å². The molecule has 0 bridgehead atoms. The highest BCUT2D eigenvalue weighted by molar-refractivity contribution is 5.90. The highest BCUT2D eigenvalue weighted by Gasteiger charge is 2.18. The third-order valence-corrected chi connectivity index (χ3v) is 2.73. The number of carbonyl (C=O) groups is 1. The van der Waals surface area contributed by atoms with Crippen molar-refractivity contribution in [2.45, 2.75) is 0 Å². The molecule has 0 fully saturated rings. The molecule has 0 aliphatic rings. The molecular weight excluding hydrogens is 282 g/mol. The van der Waals surface area contributed by atoms with Gasteiger partial charge in [-0.3, -0.25) is 0 Å². The van der Waals surface area contributed by atoms with Crippen LogP contribution in [0.15, 0.2) is 12.1 Å². The van der Waals surface area contributed by atoms with Crippen LogP contribution in [0.5, 0.6) is 0 Å². The van der Waals surface area contributed by atoms with Gasteiger partial charge in [-0.05, 0) is 26.2 Å². The number of rotatable bonds is 8. The molecule has 0 amide bonds. The molecule has 1 aromatic rings. The van der Waals surface area contributed by atoms with E-state index in [1.54, 1.807) is 0 Å². The van der Waals surface area contributed by atoms with Crippen LogP contribution >= 0.6 is 0 Å². The molecule has 1 N–H and O–H groups in total. The normalized spacial score (nSPS) is 10.8. The SMILES string of the molecule is COC(=O)c1ccc(NCCOCCN(C)C)c(F)c1F. The summed E-state index contributed by atoms with van der Waals surface area (Å²) in [6.45, 7) is 2.05. The summed E-state index contributed by atoms with van der Waals surface area (Å²) in [5.74, 6) is -3.24. The van der Waals surface area contributed by atoms with Crippen molar-refractivity contribution in [3.8, 4) is 0 Å². The Bertz CT molecular complexity index is 482. The van der Waals surface area contributed by atoms with Crippen LogP contribution in [0.1, 0.15) is 10.4 Å². The highest BCUT2D eigenvalue weighted by Crippen LogP contribution is 2.21. The number of nitrogens with one attached hydrogen (secondary N) is 1. The molecule has 0 unspecified atom stereocenters. The molecule has 118 valence electrons. The van der Waals surface area contributed by atoms with Crippen molar-refractivity contribution < 1.29 is 23.0 Å². The lowest BCUT2D eigenvalue weighted by Crippen LogP contribution is -2.20. The average Bonchev–Trinajstić information content (AvgIpc) is 2.46. The maximum Gasteiger partial charge on any atom is 0.340 e. The van der Waals surface area contributed by atoms with E-state index in [9.17, 15) is 13.6 Å². The van der Waals surface area contributed by atoms with E-state index in [1.165, 1.54) is 12.1 Å². The lowest BCUT2D eigenvalue weighted by molar-refractivity contribution is 0.0594. The van der Waals surface area contributed by atoms with E-state index < -0.39 is 23.2 Å². The van der Waals surface area contributed by atoms with E-state index in [2.05, 4.69) is 10.1 Å². The first kappa shape index (κ1) is 17.3. The van der Waals surface area contributed by atoms with Crippen LogP contribution < -0.4 is 5.32 Å². The molecule has 0 saturated carbocycles. The Morgan fingerprint density at radius 3 is 2.57 bits per heavy atom. The molecule has 0 heterocycles. The maximum absolute atomic E-state index is 13.7. The van der Waals surface area contributed by atoms with E-state index >= 15 is 0 Å². The Morgan fingerprint density at radius 2 is 1.95 bits per heavy atom. The van der Waals surface area contributed by atoms with Gasteiger partial charge in [0.2, 0.25) is 0 Å². The van der Waals surface area contributed by atoms with E-state index in [-0.39, 0.29) is 5.69 Å². The first-order chi connectivity index (χ1) is 9.97. The molecule has 0 aliphatic carbocycles. The highest BCUT2D eigenvalue weighted by atomic mass is 19.2. The van der Waals surface area contributed by atoms with Gasteiger partial charge in [0.1, 0.15) is 0 Å². The number of esters is 1. The summed E-state index contributed by atoms with van der Waals surface area (Å²) >= 11 is 0. The Labute approximate surface area is 122 Å². The Hall–Kier alpha value is -1.73. The fourth-order valence-electron chi connectivity index (χ4n) is 1.56. The molecule has 0 aliphatic heterocycles. The molecule has 5 nitrogen and oxygen atoms in total. The number of anilines is 1. The number of carbonyl (C=O) groups excluding carboxylic acids is 1. The first-order valence-electron chi connectivity index (χ1n) is 6.50. The third-order valence-electron chi connectivity index (χ3n) is 2.73. The second-order valence-corrected chi connectivity index (χ2v) is 4.62. The zero-order valence-corrected chi connectivity index (χ0v) is 12.4. The van der Waals surface area contributed by atoms with Gasteiger partial charge in [-0.15, -0.1) is 0 Å². The van der Waals surface area contributed by atoms with Crippen molar-refractivity contribution >= 4 is 11.7 Å². The summed E-state index contributed by atoms with van der Waals surface area (Å²) in [5.41, 5.74) is -0.445. The Kier molecular flexibility index (Phi) is 7.04. The van der Waals surface area contributed by atoms with Crippen LogP contribution in [0, 0.1) is 11.6 Å². The van der Waals surface area contributed by atoms with Gasteiger partial charge >= 0.3 is 5.97 Å². The van der Waals surface area contributed by atoms with Gasteiger partial charge in [-0.25, -0.2) is 13.6 Å². The topological polar surface area (TPSA) is 50.8 Å². The maximum atomic E-state index is 13.7. The van der Waals surface area contributed by atoms with Crippen molar-refractivity contribution in [3.63, 3.8) is 0 Å². The number of benzene rings is 1. The molecule has 0 saturated heterocycles. The summed E-state index contributed by atoms with van der Waals surface area (Å²) in [6, 6.07) is 2.48. The predicted octanol–water partition coefficient (Wildman–Crippen LogP) is 1.74. The lowest BCUT2D eigenvalue weighted by atomic mass is 10.2. The number of hydrogen-bond donors (Lipinski definition) is 1. The quantitative estimate of drug-likeness (QED) is 0.585. The molecule has 1 rings (SSSR count). The molecule has 0 radical (unpaired) electrons. The van der Waals surface area contributed by atoms with Crippen LogP contribution in [-0.4, -0.2) is 58.4 Å². The number of methoxy groups -OCH3 is 1. The summed E-state index contributed by atoms with van der Waals surface area (Å²) in [4.78, 5) is 13.2. The fourth-order valence-corrected chi connectivity index (χ4v) is 1.56. The van der Waals surface area contributed by atoms with Crippen LogP contribution in [0.4, 0.5) is 14.5 Å². The fraction of sp³-hybridized carbons (Fsp3) is 0.500. The van der Waals surface area contributed by atoms with Gasteiger partial charge in [0.15, 0.2) is 11.6 Å². The second kappa shape index (κ2) is 8.53. The van der Waals surface area contributed by atoms with E-state index in [0.29, 0.717) is 19.8 Å².